The molecular weight excluding hydrogens is 340 g/mol. The number of thiocarbonyl (C=S) groups is 1. The van der Waals surface area contributed by atoms with E-state index in [1.165, 1.54) is 0 Å². The zero-order valence-corrected chi connectivity index (χ0v) is 13.3. The van der Waals surface area contributed by atoms with E-state index in [0.29, 0.717) is 18.3 Å². The maximum Gasteiger partial charge on any atom is 0.187 e. The highest BCUT2D eigenvalue weighted by atomic mass is 79.9. The smallest absolute Gasteiger partial charge is 0.187 e. The third-order valence-corrected chi connectivity index (χ3v) is 3.37. The highest BCUT2D eigenvalue weighted by Crippen LogP contribution is 2.21. The lowest BCUT2D eigenvalue weighted by Crippen LogP contribution is -2.34. The topological polar surface area (TPSA) is 61.4 Å². The fraction of sp³-hybridized carbons (Fsp3) is 0.231. The van der Waals surface area contributed by atoms with Crippen LogP contribution in [0.1, 0.15) is 5.56 Å². The van der Waals surface area contributed by atoms with Crippen molar-refractivity contribution in [2.75, 3.05) is 20.3 Å². The molecule has 7 heteroatoms. The quantitative estimate of drug-likeness (QED) is 0.334. The van der Waals surface area contributed by atoms with Crippen LogP contribution in [0.3, 0.4) is 0 Å². The Labute approximate surface area is 130 Å². The van der Waals surface area contributed by atoms with E-state index in [2.05, 4.69) is 36.8 Å². The molecule has 106 valence electrons. The summed E-state index contributed by atoms with van der Waals surface area (Å²) in [5, 5.41) is 8.67. The second-order valence-electron chi connectivity index (χ2n) is 4.05. The molecule has 0 radical (unpaired) electrons. The first-order valence-electron chi connectivity index (χ1n) is 6.03. The second-order valence-corrected chi connectivity index (χ2v) is 5.38. The standard InChI is InChI=1S/C13H15BrN4OS/c1-19-5-4-15-13(20)18-17-8-9-7-16-12-3-2-10(14)6-11(9)12/h2-3,6-8,16H,4-5H2,1H3,(H2,15,18,20)/b17-8+. The van der Waals surface area contributed by atoms with Gasteiger partial charge in [-0.25, -0.2) is 0 Å². The Morgan fingerprint density at radius 1 is 1.55 bits per heavy atom. The number of hydrogen-bond donors (Lipinski definition) is 3. The average molecular weight is 355 g/mol. The lowest BCUT2D eigenvalue weighted by atomic mass is 10.2. The molecule has 20 heavy (non-hydrogen) atoms. The summed E-state index contributed by atoms with van der Waals surface area (Å²) in [5.41, 5.74) is 4.83. The van der Waals surface area contributed by atoms with E-state index in [-0.39, 0.29) is 0 Å². The van der Waals surface area contributed by atoms with E-state index in [0.717, 1.165) is 20.9 Å². The van der Waals surface area contributed by atoms with Crippen LogP contribution in [0.4, 0.5) is 0 Å². The summed E-state index contributed by atoms with van der Waals surface area (Å²) >= 11 is 8.53. The zero-order chi connectivity index (χ0) is 14.4. The number of fused-ring (bicyclic) bond motifs is 1. The van der Waals surface area contributed by atoms with Gasteiger partial charge < -0.3 is 15.0 Å². The van der Waals surface area contributed by atoms with Gasteiger partial charge in [0.2, 0.25) is 0 Å². The Balaban J connectivity index is 1.96. The van der Waals surface area contributed by atoms with E-state index in [1.807, 2.05) is 24.4 Å². The minimum atomic E-state index is 0.472. The molecule has 0 amide bonds. The van der Waals surface area contributed by atoms with Crippen molar-refractivity contribution < 1.29 is 4.74 Å². The maximum absolute atomic E-state index is 5.07. The molecule has 0 unspecified atom stereocenters. The Morgan fingerprint density at radius 3 is 3.20 bits per heavy atom. The van der Waals surface area contributed by atoms with Crippen LogP contribution in [-0.4, -0.2) is 36.6 Å². The van der Waals surface area contributed by atoms with Gasteiger partial charge in [0, 0.05) is 40.8 Å². The molecule has 0 aliphatic rings. The molecule has 0 bridgehead atoms. The Morgan fingerprint density at radius 2 is 2.40 bits per heavy atom. The summed E-state index contributed by atoms with van der Waals surface area (Å²) < 4.78 is 5.95. The van der Waals surface area contributed by atoms with Crippen LogP contribution in [0.15, 0.2) is 34.0 Å². The van der Waals surface area contributed by atoms with Crippen molar-refractivity contribution in [3.63, 3.8) is 0 Å². The van der Waals surface area contributed by atoms with Crippen LogP contribution in [0.25, 0.3) is 10.9 Å². The Kier molecular flexibility index (Phi) is 5.51. The Hall–Kier alpha value is -1.44. The molecular formula is C13H15BrN4OS. The van der Waals surface area contributed by atoms with Gasteiger partial charge >= 0.3 is 0 Å². The molecule has 0 spiro atoms. The molecule has 1 aromatic heterocycles. The van der Waals surface area contributed by atoms with Crippen LogP contribution in [-0.2, 0) is 4.74 Å². The summed E-state index contributed by atoms with van der Waals surface area (Å²) in [4.78, 5) is 3.19. The molecule has 0 aliphatic heterocycles. The van der Waals surface area contributed by atoms with Gasteiger partial charge in [-0.1, -0.05) is 15.9 Å². The predicted octanol–water partition coefficient (Wildman–Crippen LogP) is 2.37. The molecule has 1 heterocycles. The molecule has 1 aromatic carbocycles. The number of H-pyrrole nitrogens is 1. The number of aromatic amines is 1. The van der Waals surface area contributed by atoms with Crippen molar-refractivity contribution in [3.8, 4) is 0 Å². The molecule has 2 rings (SSSR count). The molecule has 0 aliphatic carbocycles. The van der Waals surface area contributed by atoms with Gasteiger partial charge in [-0.05, 0) is 30.4 Å². The first kappa shape index (κ1) is 15.0. The van der Waals surface area contributed by atoms with Gasteiger partial charge in [-0.15, -0.1) is 0 Å². The predicted molar refractivity (Wildman–Crippen MR) is 89.2 cm³/mol. The molecule has 0 atom stereocenters. The normalized spacial score (nSPS) is 11.1. The van der Waals surface area contributed by atoms with Crippen molar-refractivity contribution in [2.45, 2.75) is 0 Å². The summed E-state index contributed by atoms with van der Waals surface area (Å²) in [6.07, 6.45) is 3.64. The molecule has 5 nitrogen and oxygen atoms in total. The van der Waals surface area contributed by atoms with E-state index >= 15 is 0 Å². The number of halogens is 1. The number of nitrogens with one attached hydrogen (secondary N) is 3. The maximum atomic E-state index is 5.07. The van der Waals surface area contributed by atoms with Crippen molar-refractivity contribution in [3.05, 3.63) is 34.4 Å². The van der Waals surface area contributed by atoms with Crippen molar-refractivity contribution in [1.29, 1.82) is 0 Å². The van der Waals surface area contributed by atoms with E-state index in [9.17, 15) is 0 Å². The minimum Gasteiger partial charge on any atom is -0.383 e. The number of ether oxygens (including phenoxy) is 1. The van der Waals surface area contributed by atoms with Gasteiger partial charge in [0.25, 0.3) is 0 Å². The first-order chi connectivity index (χ1) is 9.70. The lowest BCUT2D eigenvalue weighted by molar-refractivity contribution is 0.204. The van der Waals surface area contributed by atoms with Gasteiger partial charge in [0.05, 0.1) is 12.8 Å². The van der Waals surface area contributed by atoms with Crippen LogP contribution in [0.2, 0.25) is 0 Å². The lowest BCUT2D eigenvalue weighted by Gasteiger charge is -2.05. The largest absolute Gasteiger partial charge is 0.383 e. The molecule has 0 fully saturated rings. The average Bonchev–Trinajstić information content (AvgIpc) is 2.82. The van der Waals surface area contributed by atoms with E-state index in [4.69, 9.17) is 17.0 Å². The highest BCUT2D eigenvalue weighted by molar-refractivity contribution is 9.10. The third-order valence-electron chi connectivity index (χ3n) is 2.64. The SMILES string of the molecule is COCCNC(=S)N/N=C/c1c[nH]c2ccc(Br)cc12. The molecule has 0 saturated carbocycles. The van der Waals surface area contributed by atoms with Crippen molar-refractivity contribution in [1.82, 2.24) is 15.7 Å². The van der Waals surface area contributed by atoms with Crippen LogP contribution < -0.4 is 10.7 Å². The summed E-state index contributed by atoms with van der Waals surface area (Å²) in [6.45, 7) is 1.25. The number of benzene rings is 1. The van der Waals surface area contributed by atoms with Gasteiger partial charge in [-0.3, -0.25) is 5.43 Å². The van der Waals surface area contributed by atoms with Gasteiger partial charge in [0.15, 0.2) is 5.11 Å². The summed E-state index contributed by atoms with van der Waals surface area (Å²) in [5.74, 6) is 0. The van der Waals surface area contributed by atoms with Gasteiger partial charge in [-0.2, -0.15) is 5.10 Å². The number of hydrogen-bond acceptors (Lipinski definition) is 3. The highest BCUT2D eigenvalue weighted by Gasteiger charge is 2.01. The first-order valence-corrected chi connectivity index (χ1v) is 7.23. The molecule has 2 aromatic rings. The summed E-state index contributed by atoms with van der Waals surface area (Å²) in [7, 11) is 1.64. The van der Waals surface area contributed by atoms with E-state index < -0.39 is 0 Å². The monoisotopic (exact) mass is 354 g/mol. The fourth-order valence-corrected chi connectivity index (χ4v) is 2.20. The number of hydrazone groups is 1. The number of aromatic nitrogens is 1. The third kappa shape index (κ3) is 4.03. The number of methoxy groups -OCH3 is 1. The second kappa shape index (κ2) is 7.37. The zero-order valence-electron chi connectivity index (χ0n) is 10.9. The van der Waals surface area contributed by atoms with E-state index in [1.54, 1.807) is 13.3 Å². The van der Waals surface area contributed by atoms with Crippen LogP contribution in [0, 0.1) is 0 Å². The van der Waals surface area contributed by atoms with Gasteiger partial charge in [0.1, 0.15) is 0 Å². The van der Waals surface area contributed by atoms with Crippen molar-refractivity contribution in [2.24, 2.45) is 5.10 Å². The molecule has 0 saturated heterocycles. The number of nitrogens with zero attached hydrogens (tertiary/aromatic N) is 1. The van der Waals surface area contributed by atoms with Crippen LogP contribution >= 0.6 is 28.1 Å². The van der Waals surface area contributed by atoms with Crippen LogP contribution in [0.5, 0.6) is 0 Å². The summed E-state index contributed by atoms with van der Waals surface area (Å²) in [6, 6.07) is 6.05. The minimum absolute atomic E-state index is 0.472. The Bertz CT molecular complexity index is 626. The number of rotatable bonds is 5. The van der Waals surface area contributed by atoms with Crippen molar-refractivity contribution >= 4 is 50.4 Å². The molecule has 3 N–H and O–H groups in total. The fourth-order valence-electron chi connectivity index (χ4n) is 1.69.